The maximum Gasteiger partial charge on any atom is 0.321 e. The molecule has 0 radical (unpaired) electrons. The van der Waals surface area contributed by atoms with Crippen molar-refractivity contribution in [3.8, 4) is 0 Å². The Bertz CT molecular complexity index is 456. The Morgan fingerprint density at radius 3 is 2.82 bits per heavy atom. The lowest BCUT2D eigenvalue weighted by Crippen LogP contribution is -2.35. The molecule has 0 aliphatic carbocycles. The van der Waals surface area contributed by atoms with Gasteiger partial charge in [-0.2, -0.15) is 0 Å². The number of carbonyl (C=O) groups excluding carboxylic acids is 1. The lowest BCUT2D eigenvalue weighted by Gasteiger charge is -2.20. The third-order valence-electron chi connectivity index (χ3n) is 3.16. The van der Waals surface area contributed by atoms with Crippen molar-refractivity contribution >= 4 is 11.8 Å². The Kier molecular flexibility index (Phi) is 3.24. The smallest absolute Gasteiger partial charge is 0.321 e. The predicted molar refractivity (Wildman–Crippen MR) is 62.6 cm³/mol. The molecular formula is C13H15NO3. The molecule has 1 N–H and O–H groups in total. The lowest BCUT2D eigenvalue weighted by atomic mass is 10.1. The van der Waals surface area contributed by atoms with Gasteiger partial charge in [0.15, 0.2) is 0 Å². The number of ketones is 1. The van der Waals surface area contributed by atoms with Crippen molar-refractivity contribution in [3.63, 3.8) is 0 Å². The van der Waals surface area contributed by atoms with Gasteiger partial charge in [0.1, 0.15) is 11.8 Å². The summed E-state index contributed by atoms with van der Waals surface area (Å²) in [5.41, 5.74) is 2.20. The second-order valence-electron chi connectivity index (χ2n) is 4.43. The highest BCUT2D eigenvalue weighted by atomic mass is 16.4. The normalized spacial score (nSPS) is 20.8. The summed E-state index contributed by atoms with van der Waals surface area (Å²) in [6.07, 6.45) is 0.126. The van der Waals surface area contributed by atoms with Gasteiger partial charge in [0.25, 0.3) is 0 Å². The highest BCUT2D eigenvalue weighted by Gasteiger charge is 2.35. The van der Waals surface area contributed by atoms with Crippen LogP contribution < -0.4 is 0 Å². The van der Waals surface area contributed by atoms with Crippen LogP contribution in [0.4, 0.5) is 0 Å². The zero-order valence-corrected chi connectivity index (χ0v) is 9.72. The summed E-state index contributed by atoms with van der Waals surface area (Å²) >= 11 is 0. The number of hydrogen-bond donors (Lipinski definition) is 1. The Hall–Kier alpha value is -1.68. The first-order valence-corrected chi connectivity index (χ1v) is 5.61. The number of rotatable bonds is 3. The van der Waals surface area contributed by atoms with Crippen LogP contribution in [0, 0.1) is 6.92 Å². The Labute approximate surface area is 99.9 Å². The third-order valence-corrected chi connectivity index (χ3v) is 3.16. The first kappa shape index (κ1) is 11.8. The van der Waals surface area contributed by atoms with Gasteiger partial charge in [-0.15, -0.1) is 0 Å². The van der Waals surface area contributed by atoms with E-state index in [1.54, 1.807) is 4.90 Å². The van der Waals surface area contributed by atoms with Gasteiger partial charge in [-0.3, -0.25) is 14.5 Å². The van der Waals surface area contributed by atoms with Crippen molar-refractivity contribution in [2.75, 3.05) is 6.54 Å². The first-order chi connectivity index (χ1) is 8.08. The summed E-state index contributed by atoms with van der Waals surface area (Å²) in [6, 6.07) is 7.17. The number of hydrogen-bond acceptors (Lipinski definition) is 3. The topological polar surface area (TPSA) is 57.6 Å². The van der Waals surface area contributed by atoms with Gasteiger partial charge in [0, 0.05) is 13.0 Å². The van der Waals surface area contributed by atoms with Crippen molar-refractivity contribution in [2.45, 2.75) is 25.9 Å². The van der Waals surface area contributed by atoms with Crippen LogP contribution in [0.5, 0.6) is 0 Å². The fourth-order valence-electron chi connectivity index (χ4n) is 2.16. The zero-order chi connectivity index (χ0) is 12.4. The molecule has 17 heavy (non-hydrogen) atoms. The largest absolute Gasteiger partial charge is 0.480 e. The Morgan fingerprint density at radius 1 is 1.47 bits per heavy atom. The van der Waals surface area contributed by atoms with Crippen molar-refractivity contribution < 1.29 is 14.7 Å². The SMILES string of the molecule is Cc1ccccc1CN1CC(=O)CC1C(=O)O. The monoisotopic (exact) mass is 233 g/mol. The van der Waals surface area contributed by atoms with E-state index in [-0.39, 0.29) is 18.7 Å². The highest BCUT2D eigenvalue weighted by molar-refractivity contribution is 5.90. The average Bonchev–Trinajstić information content (AvgIpc) is 2.63. The van der Waals surface area contributed by atoms with Crippen LogP contribution in [0.1, 0.15) is 17.5 Å². The maximum atomic E-state index is 11.3. The maximum absolute atomic E-state index is 11.3. The summed E-state index contributed by atoms with van der Waals surface area (Å²) in [4.78, 5) is 24.1. The van der Waals surface area contributed by atoms with Gasteiger partial charge in [-0.05, 0) is 18.1 Å². The number of Topliss-reactive ketones (excluding diaryl/α,β-unsaturated/α-hetero) is 1. The summed E-state index contributed by atoms with van der Waals surface area (Å²) in [5.74, 6) is -0.907. The highest BCUT2D eigenvalue weighted by Crippen LogP contribution is 2.19. The van der Waals surface area contributed by atoms with E-state index in [2.05, 4.69) is 0 Å². The predicted octanol–water partition coefficient (Wildman–Crippen LogP) is 1.22. The molecule has 0 spiro atoms. The zero-order valence-electron chi connectivity index (χ0n) is 9.72. The molecule has 1 unspecified atom stereocenters. The molecule has 4 heteroatoms. The quantitative estimate of drug-likeness (QED) is 0.853. The van der Waals surface area contributed by atoms with Crippen LogP contribution in [0.3, 0.4) is 0 Å². The average molecular weight is 233 g/mol. The van der Waals surface area contributed by atoms with Crippen molar-refractivity contribution in [2.24, 2.45) is 0 Å². The summed E-state index contributed by atoms with van der Waals surface area (Å²) < 4.78 is 0. The van der Waals surface area contributed by atoms with Gasteiger partial charge in [0.05, 0.1) is 6.54 Å². The lowest BCUT2D eigenvalue weighted by molar-refractivity contribution is -0.142. The number of benzene rings is 1. The van der Waals surface area contributed by atoms with Gasteiger partial charge in [-0.1, -0.05) is 24.3 Å². The molecule has 90 valence electrons. The number of carboxylic acid groups (broad SMARTS) is 1. The van der Waals surface area contributed by atoms with Crippen LogP contribution in [-0.4, -0.2) is 34.3 Å². The molecule has 1 atom stereocenters. The molecule has 1 fully saturated rings. The standard InChI is InChI=1S/C13H15NO3/c1-9-4-2-3-5-10(9)7-14-8-11(15)6-12(14)13(16)17/h2-5,12H,6-8H2,1H3,(H,16,17). The molecule has 0 aromatic heterocycles. The molecule has 4 nitrogen and oxygen atoms in total. The van der Waals surface area contributed by atoms with Gasteiger partial charge in [-0.25, -0.2) is 0 Å². The van der Waals surface area contributed by atoms with Gasteiger partial charge >= 0.3 is 5.97 Å². The third kappa shape index (κ3) is 2.53. The van der Waals surface area contributed by atoms with E-state index in [1.807, 2.05) is 31.2 Å². The van der Waals surface area contributed by atoms with Crippen LogP contribution in [0.2, 0.25) is 0 Å². The molecule has 0 saturated carbocycles. The molecule has 0 amide bonds. The molecule has 1 aromatic rings. The molecule has 1 aliphatic heterocycles. The summed E-state index contributed by atoms with van der Waals surface area (Å²) in [7, 11) is 0. The second kappa shape index (κ2) is 4.67. The number of aliphatic carboxylic acids is 1. The number of carboxylic acids is 1. The fourth-order valence-corrected chi connectivity index (χ4v) is 2.16. The van der Waals surface area contributed by atoms with E-state index >= 15 is 0 Å². The minimum Gasteiger partial charge on any atom is -0.480 e. The molecular weight excluding hydrogens is 218 g/mol. The molecule has 1 saturated heterocycles. The van der Waals surface area contributed by atoms with Crippen LogP contribution >= 0.6 is 0 Å². The van der Waals surface area contributed by atoms with Crippen molar-refractivity contribution in [3.05, 3.63) is 35.4 Å². The van der Waals surface area contributed by atoms with Crippen LogP contribution in [0.25, 0.3) is 0 Å². The van der Waals surface area contributed by atoms with Crippen molar-refractivity contribution in [1.29, 1.82) is 0 Å². The Balaban J connectivity index is 2.15. The summed E-state index contributed by atoms with van der Waals surface area (Å²) in [6.45, 7) is 2.75. The van der Waals surface area contributed by atoms with Crippen molar-refractivity contribution in [1.82, 2.24) is 4.90 Å². The number of carbonyl (C=O) groups is 2. The second-order valence-corrected chi connectivity index (χ2v) is 4.43. The van der Waals surface area contributed by atoms with Gasteiger partial charge in [0.2, 0.25) is 0 Å². The molecule has 1 aromatic carbocycles. The first-order valence-electron chi connectivity index (χ1n) is 5.61. The van der Waals surface area contributed by atoms with Crippen LogP contribution in [0.15, 0.2) is 24.3 Å². The summed E-state index contributed by atoms with van der Waals surface area (Å²) in [5, 5.41) is 9.05. The van der Waals surface area contributed by atoms with E-state index in [1.165, 1.54) is 0 Å². The minimum absolute atomic E-state index is 0.00554. The van der Waals surface area contributed by atoms with E-state index in [9.17, 15) is 9.59 Å². The molecule has 2 rings (SSSR count). The Morgan fingerprint density at radius 2 is 2.18 bits per heavy atom. The van der Waals surface area contributed by atoms with E-state index < -0.39 is 12.0 Å². The van der Waals surface area contributed by atoms with E-state index in [4.69, 9.17) is 5.11 Å². The van der Waals surface area contributed by atoms with Gasteiger partial charge < -0.3 is 5.11 Å². The molecule has 1 aliphatic rings. The number of nitrogens with zero attached hydrogens (tertiary/aromatic N) is 1. The number of aryl methyl sites for hydroxylation is 1. The molecule has 0 bridgehead atoms. The minimum atomic E-state index is -0.913. The van der Waals surface area contributed by atoms with Crippen LogP contribution in [-0.2, 0) is 16.1 Å². The van der Waals surface area contributed by atoms with E-state index in [0.717, 1.165) is 11.1 Å². The number of likely N-dealkylation sites (tertiary alicyclic amines) is 1. The van der Waals surface area contributed by atoms with E-state index in [0.29, 0.717) is 6.54 Å². The fraction of sp³-hybridized carbons (Fsp3) is 0.385. The molecule has 1 heterocycles.